The van der Waals surface area contributed by atoms with E-state index in [1.165, 1.54) is 17.2 Å². The zero-order valence-electron chi connectivity index (χ0n) is 16.1. The summed E-state index contributed by atoms with van der Waals surface area (Å²) in [6.07, 6.45) is 8.59. The van der Waals surface area contributed by atoms with Gasteiger partial charge in [0.1, 0.15) is 24.6 Å². The van der Waals surface area contributed by atoms with E-state index < -0.39 is 41.5 Å². The number of allylic oxidation sites excluding steroid dienone is 3. The predicted molar refractivity (Wildman–Crippen MR) is 108 cm³/mol. The Bertz CT molecular complexity index is 1200. The zero-order chi connectivity index (χ0) is 22.2. The van der Waals surface area contributed by atoms with E-state index in [1.807, 2.05) is 12.2 Å². The number of aromatic nitrogens is 4. The Morgan fingerprint density at radius 2 is 2.16 bits per heavy atom. The molecule has 3 heterocycles. The average molecular weight is 448 g/mol. The van der Waals surface area contributed by atoms with Gasteiger partial charge in [-0.3, -0.25) is 8.75 Å². The van der Waals surface area contributed by atoms with Gasteiger partial charge in [-0.25, -0.2) is 20.1 Å². The van der Waals surface area contributed by atoms with Crippen LogP contribution in [0.1, 0.15) is 19.1 Å². The number of hydrogen-bond acceptors (Lipinski definition) is 10. The number of aliphatic hydroxyl groups excluding tert-OH is 2. The van der Waals surface area contributed by atoms with Crippen LogP contribution in [-0.2, 0) is 19.2 Å². The van der Waals surface area contributed by atoms with Gasteiger partial charge < -0.3 is 20.3 Å². The molecule has 13 heteroatoms. The Balaban J connectivity index is 1.59. The molecule has 1 aliphatic carbocycles. The summed E-state index contributed by atoms with van der Waals surface area (Å²) in [6, 6.07) is 0. The standard InChI is InChI=1S/C18H20N6O6S/c1-2-10-4-3-5-11(6-10)23-16-13-17(21-8-20-16)24(9-22-13)18-15(26)14(25)12(30-18)7-29-31(19,27)28/h1,5-6,8-9,12,14-15,18,25-26H,3-4,7H2,(H2,19,27,28)(H,20,21,23)/t12?,14-,15-,18?/m1/s1. The van der Waals surface area contributed by atoms with Gasteiger partial charge in [0.2, 0.25) is 0 Å². The van der Waals surface area contributed by atoms with Gasteiger partial charge in [0.25, 0.3) is 0 Å². The van der Waals surface area contributed by atoms with Crippen LogP contribution in [0.4, 0.5) is 5.82 Å². The number of nitrogens with zero attached hydrogens (tertiary/aromatic N) is 4. The van der Waals surface area contributed by atoms with Gasteiger partial charge in [0.05, 0.1) is 12.9 Å². The summed E-state index contributed by atoms with van der Waals surface area (Å²) in [5.41, 5.74) is 2.38. The molecule has 4 rings (SSSR count). The lowest BCUT2D eigenvalue weighted by Gasteiger charge is -2.16. The molecule has 4 atom stereocenters. The Morgan fingerprint density at radius 3 is 2.90 bits per heavy atom. The van der Waals surface area contributed by atoms with Gasteiger partial charge in [-0.2, -0.15) is 8.42 Å². The van der Waals surface area contributed by atoms with Crippen molar-refractivity contribution in [3.05, 3.63) is 36.1 Å². The van der Waals surface area contributed by atoms with E-state index in [1.54, 1.807) is 0 Å². The largest absolute Gasteiger partial charge is 0.387 e. The van der Waals surface area contributed by atoms with Crippen molar-refractivity contribution >= 4 is 27.3 Å². The van der Waals surface area contributed by atoms with Crippen LogP contribution in [0.2, 0.25) is 0 Å². The van der Waals surface area contributed by atoms with E-state index >= 15 is 0 Å². The Labute approximate surface area is 177 Å². The lowest BCUT2D eigenvalue weighted by atomic mass is 10.0. The molecule has 31 heavy (non-hydrogen) atoms. The fourth-order valence-corrected chi connectivity index (χ4v) is 3.75. The number of aliphatic hydroxyl groups is 2. The molecular weight excluding hydrogens is 428 g/mol. The molecule has 0 spiro atoms. The first-order valence-electron chi connectivity index (χ1n) is 9.27. The molecule has 1 aliphatic heterocycles. The van der Waals surface area contributed by atoms with E-state index in [9.17, 15) is 18.6 Å². The number of rotatable bonds is 6. The van der Waals surface area contributed by atoms with Crippen molar-refractivity contribution < 1.29 is 27.6 Å². The lowest BCUT2D eigenvalue weighted by molar-refractivity contribution is -0.0467. The maximum Gasteiger partial charge on any atom is 0.333 e. The third kappa shape index (κ3) is 4.44. The van der Waals surface area contributed by atoms with Gasteiger partial charge in [0.15, 0.2) is 23.2 Å². The minimum absolute atomic E-state index is 0.333. The number of imidazole rings is 1. The normalized spacial score (nSPS) is 26.4. The highest BCUT2D eigenvalue weighted by molar-refractivity contribution is 7.84. The van der Waals surface area contributed by atoms with E-state index in [0.29, 0.717) is 17.0 Å². The predicted octanol–water partition coefficient (Wildman–Crippen LogP) is -0.685. The van der Waals surface area contributed by atoms with Gasteiger partial charge in [0, 0.05) is 11.3 Å². The van der Waals surface area contributed by atoms with Crippen molar-refractivity contribution in [2.75, 3.05) is 11.9 Å². The van der Waals surface area contributed by atoms with Gasteiger partial charge in [-0.05, 0) is 18.9 Å². The topological polar surface area (TPSA) is 175 Å². The maximum absolute atomic E-state index is 11.0. The van der Waals surface area contributed by atoms with Crippen molar-refractivity contribution in [2.24, 2.45) is 5.14 Å². The fourth-order valence-electron chi connectivity index (χ4n) is 3.43. The summed E-state index contributed by atoms with van der Waals surface area (Å²) in [4.78, 5) is 12.7. The van der Waals surface area contributed by atoms with Crippen molar-refractivity contribution in [1.82, 2.24) is 19.5 Å². The molecule has 2 unspecified atom stereocenters. The van der Waals surface area contributed by atoms with E-state index in [-0.39, 0.29) is 0 Å². The van der Waals surface area contributed by atoms with Crippen LogP contribution in [0.15, 0.2) is 36.1 Å². The van der Waals surface area contributed by atoms with E-state index in [2.05, 4.69) is 30.4 Å². The first-order valence-corrected chi connectivity index (χ1v) is 10.7. The molecular formula is C18H20N6O6S. The molecule has 12 nitrogen and oxygen atoms in total. The molecule has 2 aromatic rings. The van der Waals surface area contributed by atoms with E-state index in [0.717, 1.165) is 24.1 Å². The minimum Gasteiger partial charge on any atom is -0.387 e. The zero-order valence-corrected chi connectivity index (χ0v) is 16.9. The summed E-state index contributed by atoms with van der Waals surface area (Å²) in [5.74, 6) is 3.06. The Morgan fingerprint density at radius 1 is 1.35 bits per heavy atom. The number of ether oxygens (including phenoxy) is 1. The Hall–Kier alpha value is -2.86. The van der Waals surface area contributed by atoms with Crippen LogP contribution in [0.5, 0.6) is 0 Å². The molecule has 0 amide bonds. The minimum atomic E-state index is -4.23. The molecule has 5 N–H and O–H groups in total. The van der Waals surface area contributed by atoms with Gasteiger partial charge in [-0.1, -0.05) is 12.0 Å². The third-order valence-corrected chi connectivity index (χ3v) is 5.39. The molecule has 1 saturated heterocycles. The Kier molecular flexibility index (Phi) is 5.75. The summed E-state index contributed by atoms with van der Waals surface area (Å²) >= 11 is 0. The monoisotopic (exact) mass is 448 g/mol. The highest BCUT2D eigenvalue weighted by Crippen LogP contribution is 2.33. The van der Waals surface area contributed by atoms with Crippen LogP contribution in [0.25, 0.3) is 11.2 Å². The summed E-state index contributed by atoms with van der Waals surface area (Å²) in [6.45, 7) is -0.556. The maximum atomic E-state index is 11.0. The van der Waals surface area contributed by atoms with Gasteiger partial charge in [-0.15, -0.1) is 6.42 Å². The summed E-state index contributed by atoms with van der Waals surface area (Å²) in [5, 5.41) is 28.6. The first kappa shape index (κ1) is 21.4. The highest BCUT2D eigenvalue weighted by Gasteiger charge is 2.45. The van der Waals surface area contributed by atoms with Crippen molar-refractivity contribution in [2.45, 2.75) is 37.4 Å². The van der Waals surface area contributed by atoms with Crippen LogP contribution in [0.3, 0.4) is 0 Å². The summed E-state index contributed by atoms with van der Waals surface area (Å²) < 4.78 is 33.5. The molecule has 1 fully saturated rings. The van der Waals surface area contributed by atoms with Crippen molar-refractivity contribution in [1.29, 1.82) is 0 Å². The number of hydrogen-bond donors (Lipinski definition) is 4. The first-order chi connectivity index (χ1) is 14.8. The van der Waals surface area contributed by atoms with Crippen LogP contribution in [0, 0.1) is 12.3 Å². The second-order valence-electron chi connectivity index (χ2n) is 7.01. The fraction of sp³-hybridized carbons (Fsp3) is 0.389. The molecule has 0 radical (unpaired) electrons. The van der Waals surface area contributed by atoms with E-state index in [4.69, 9.17) is 16.3 Å². The number of terminal acetylenes is 1. The molecule has 164 valence electrons. The number of anilines is 1. The molecule has 0 bridgehead atoms. The lowest BCUT2D eigenvalue weighted by Crippen LogP contribution is -2.35. The quantitative estimate of drug-likeness (QED) is 0.414. The number of fused-ring (bicyclic) bond motifs is 1. The highest BCUT2D eigenvalue weighted by atomic mass is 32.2. The van der Waals surface area contributed by atoms with Crippen molar-refractivity contribution in [3.8, 4) is 12.3 Å². The van der Waals surface area contributed by atoms with Crippen LogP contribution >= 0.6 is 0 Å². The van der Waals surface area contributed by atoms with Crippen LogP contribution < -0.4 is 10.5 Å². The second kappa shape index (κ2) is 8.35. The SMILES string of the molecule is C#CC1=CC(Nc2ncnc3c2ncn3C2OC(COS(N)(=O)=O)[C@@H](O)[C@H]2O)=CCC1. The third-order valence-electron chi connectivity index (χ3n) is 4.92. The molecule has 2 aromatic heterocycles. The van der Waals surface area contributed by atoms with Crippen LogP contribution in [-0.4, -0.2) is 63.1 Å². The number of nitrogens with one attached hydrogen (secondary N) is 1. The molecule has 2 aliphatic rings. The molecule has 0 saturated carbocycles. The number of nitrogens with two attached hydrogens (primary N) is 1. The second-order valence-corrected chi connectivity index (χ2v) is 8.23. The van der Waals surface area contributed by atoms with Crippen molar-refractivity contribution in [3.63, 3.8) is 0 Å². The smallest absolute Gasteiger partial charge is 0.333 e. The molecule has 0 aromatic carbocycles. The average Bonchev–Trinajstić information content (AvgIpc) is 3.28. The summed E-state index contributed by atoms with van der Waals surface area (Å²) in [7, 11) is -4.23. The van der Waals surface area contributed by atoms with Gasteiger partial charge >= 0.3 is 10.3 Å².